The van der Waals surface area contributed by atoms with Crippen molar-refractivity contribution in [1.82, 2.24) is 5.43 Å². The van der Waals surface area contributed by atoms with Gasteiger partial charge in [0.15, 0.2) is 0 Å². The van der Waals surface area contributed by atoms with Crippen molar-refractivity contribution in [2.24, 2.45) is 11.0 Å². The maximum absolute atomic E-state index is 11.5. The number of halogens is 1. The monoisotopic (exact) mass is 330 g/mol. The average molecular weight is 331 g/mol. The Morgan fingerprint density at radius 3 is 2.65 bits per heavy atom. The maximum atomic E-state index is 11.5. The number of hydrogen-bond donors (Lipinski definition) is 1. The Kier molecular flexibility index (Phi) is 6.18. The zero-order valence-electron chi connectivity index (χ0n) is 13.1. The summed E-state index contributed by atoms with van der Waals surface area (Å²) in [4.78, 5) is 11.5. The second-order valence-corrected chi connectivity index (χ2v) is 5.71. The second-order valence-electron chi connectivity index (χ2n) is 5.31. The zero-order chi connectivity index (χ0) is 16.7. The fraction of sp³-hybridized carbons (Fsp3) is 0.222. The Balaban J connectivity index is 2.04. The van der Waals surface area contributed by atoms with Crippen LogP contribution < -0.4 is 10.2 Å². The number of hydrogen-bond acceptors (Lipinski definition) is 3. The molecule has 0 heterocycles. The molecule has 2 aromatic rings. The van der Waals surface area contributed by atoms with E-state index in [0.717, 1.165) is 11.1 Å². The molecular formula is C18H19ClN2O2. The van der Waals surface area contributed by atoms with Crippen molar-refractivity contribution in [2.45, 2.75) is 20.5 Å². The van der Waals surface area contributed by atoms with Gasteiger partial charge in [-0.25, -0.2) is 5.43 Å². The van der Waals surface area contributed by atoms with Gasteiger partial charge in [0.1, 0.15) is 12.4 Å². The Hall–Kier alpha value is -2.33. The highest BCUT2D eigenvalue weighted by molar-refractivity contribution is 6.31. The summed E-state index contributed by atoms with van der Waals surface area (Å²) in [6, 6.07) is 15.0. The van der Waals surface area contributed by atoms with E-state index in [1.165, 1.54) is 0 Å². The molecular weight excluding hydrogens is 312 g/mol. The van der Waals surface area contributed by atoms with Crippen LogP contribution in [-0.4, -0.2) is 12.1 Å². The summed E-state index contributed by atoms with van der Waals surface area (Å²) in [5, 5.41) is 4.63. The molecule has 0 aliphatic carbocycles. The molecule has 0 fully saturated rings. The molecule has 0 aromatic heterocycles. The first-order valence-corrected chi connectivity index (χ1v) is 7.74. The molecule has 0 spiro atoms. The van der Waals surface area contributed by atoms with Gasteiger partial charge < -0.3 is 4.74 Å². The van der Waals surface area contributed by atoms with Gasteiger partial charge in [0, 0.05) is 22.1 Å². The predicted octanol–water partition coefficient (Wildman–Crippen LogP) is 4.03. The molecule has 0 unspecified atom stereocenters. The lowest BCUT2D eigenvalue weighted by molar-refractivity contribution is -0.123. The number of para-hydroxylation sites is 1. The van der Waals surface area contributed by atoms with E-state index in [2.05, 4.69) is 10.5 Å². The summed E-state index contributed by atoms with van der Waals surface area (Å²) in [5.74, 6) is 0.435. The summed E-state index contributed by atoms with van der Waals surface area (Å²) in [5.41, 5.74) is 4.19. The van der Waals surface area contributed by atoms with Crippen LogP contribution in [0.2, 0.25) is 5.02 Å². The minimum absolute atomic E-state index is 0.112. The molecule has 2 aromatic carbocycles. The van der Waals surface area contributed by atoms with Crippen LogP contribution in [0.3, 0.4) is 0 Å². The number of nitrogens with one attached hydrogen (secondary N) is 1. The average Bonchev–Trinajstić information content (AvgIpc) is 2.55. The number of carbonyl (C=O) groups is 1. The van der Waals surface area contributed by atoms with Crippen molar-refractivity contribution in [3.8, 4) is 5.75 Å². The number of hydrazone groups is 1. The van der Waals surface area contributed by atoms with Crippen LogP contribution in [0.5, 0.6) is 5.75 Å². The first-order valence-electron chi connectivity index (χ1n) is 7.36. The summed E-state index contributed by atoms with van der Waals surface area (Å²) < 4.78 is 5.82. The molecule has 0 bridgehead atoms. The van der Waals surface area contributed by atoms with Gasteiger partial charge in [0.05, 0.1) is 6.21 Å². The van der Waals surface area contributed by atoms with Gasteiger partial charge in [-0.15, -0.1) is 0 Å². The largest absolute Gasteiger partial charge is 0.488 e. The molecule has 1 N–H and O–H groups in total. The smallest absolute Gasteiger partial charge is 0.242 e. The molecule has 1 amide bonds. The number of rotatable bonds is 6. The van der Waals surface area contributed by atoms with Gasteiger partial charge in [-0.1, -0.05) is 55.8 Å². The number of benzene rings is 2. The Bertz CT molecular complexity index is 699. The van der Waals surface area contributed by atoms with Crippen molar-refractivity contribution in [1.29, 1.82) is 0 Å². The number of ether oxygens (including phenoxy) is 1. The fourth-order valence-corrected chi connectivity index (χ4v) is 1.97. The topological polar surface area (TPSA) is 50.7 Å². The Labute approximate surface area is 141 Å². The standard InChI is InChI=1S/C18H19ClN2O2/c1-13(2)18(22)21-20-11-14-7-4-6-10-17(14)23-12-15-8-3-5-9-16(15)19/h3-11,13H,12H2,1-2H3,(H,21,22). The van der Waals surface area contributed by atoms with E-state index in [1.54, 1.807) is 6.21 Å². The third-order valence-electron chi connectivity index (χ3n) is 3.16. The van der Waals surface area contributed by atoms with Crippen LogP contribution in [0.1, 0.15) is 25.0 Å². The minimum atomic E-state index is -0.129. The molecule has 0 aliphatic heterocycles. The minimum Gasteiger partial charge on any atom is -0.488 e. The molecule has 120 valence electrons. The molecule has 4 nitrogen and oxygen atoms in total. The van der Waals surface area contributed by atoms with E-state index < -0.39 is 0 Å². The first kappa shape index (κ1) is 17.0. The van der Waals surface area contributed by atoms with Gasteiger partial charge in [-0.05, 0) is 18.2 Å². The maximum Gasteiger partial charge on any atom is 0.242 e. The normalized spacial score (nSPS) is 11.0. The third-order valence-corrected chi connectivity index (χ3v) is 3.53. The Morgan fingerprint density at radius 1 is 1.22 bits per heavy atom. The summed E-state index contributed by atoms with van der Waals surface area (Å²) >= 11 is 6.12. The van der Waals surface area contributed by atoms with Crippen molar-refractivity contribution in [3.63, 3.8) is 0 Å². The summed E-state index contributed by atoms with van der Waals surface area (Å²) in [7, 11) is 0. The van der Waals surface area contributed by atoms with E-state index in [4.69, 9.17) is 16.3 Å². The van der Waals surface area contributed by atoms with Crippen molar-refractivity contribution >= 4 is 23.7 Å². The third kappa shape index (κ3) is 5.11. The van der Waals surface area contributed by atoms with Crippen LogP contribution in [0, 0.1) is 5.92 Å². The van der Waals surface area contributed by atoms with Crippen LogP contribution in [0.25, 0.3) is 0 Å². The number of amides is 1. The lowest BCUT2D eigenvalue weighted by Crippen LogP contribution is -2.22. The van der Waals surface area contributed by atoms with E-state index in [0.29, 0.717) is 17.4 Å². The van der Waals surface area contributed by atoms with Gasteiger partial charge in [-0.3, -0.25) is 4.79 Å². The molecule has 23 heavy (non-hydrogen) atoms. The molecule has 0 atom stereocenters. The zero-order valence-corrected chi connectivity index (χ0v) is 13.9. The summed E-state index contributed by atoms with van der Waals surface area (Å²) in [6.45, 7) is 3.99. The Morgan fingerprint density at radius 2 is 1.91 bits per heavy atom. The fourth-order valence-electron chi connectivity index (χ4n) is 1.78. The van der Waals surface area contributed by atoms with E-state index in [9.17, 15) is 4.79 Å². The number of carbonyl (C=O) groups excluding carboxylic acids is 1. The van der Waals surface area contributed by atoms with Crippen LogP contribution in [-0.2, 0) is 11.4 Å². The van der Waals surface area contributed by atoms with E-state index >= 15 is 0 Å². The van der Waals surface area contributed by atoms with Crippen molar-refractivity contribution < 1.29 is 9.53 Å². The van der Waals surface area contributed by atoms with E-state index in [-0.39, 0.29) is 11.8 Å². The lowest BCUT2D eigenvalue weighted by Gasteiger charge is -2.10. The molecule has 0 aliphatic rings. The van der Waals surface area contributed by atoms with Gasteiger partial charge in [0.25, 0.3) is 0 Å². The SMILES string of the molecule is CC(C)C(=O)NN=Cc1ccccc1OCc1ccccc1Cl. The molecule has 5 heteroatoms. The quantitative estimate of drug-likeness (QED) is 0.642. The van der Waals surface area contributed by atoms with Crippen molar-refractivity contribution in [2.75, 3.05) is 0 Å². The predicted molar refractivity (Wildman–Crippen MR) is 92.8 cm³/mol. The van der Waals surface area contributed by atoms with E-state index in [1.807, 2.05) is 62.4 Å². The molecule has 0 saturated carbocycles. The van der Waals surface area contributed by atoms with Gasteiger partial charge in [-0.2, -0.15) is 5.10 Å². The highest BCUT2D eigenvalue weighted by Gasteiger charge is 2.06. The second kappa shape index (κ2) is 8.34. The molecule has 0 radical (unpaired) electrons. The van der Waals surface area contributed by atoms with Gasteiger partial charge in [0.2, 0.25) is 5.91 Å². The summed E-state index contributed by atoms with van der Waals surface area (Å²) in [6.07, 6.45) is 1.57. The highest BCUT2D eigenvalue weighted by Crippen LogP contribution is 2.20. The van der Waals surface area contributed by atoms with Crippen LogP contribution in [0.4, 0.5) is 0 Å². The lowest BCUT2D eigenvalue weighted by atomic mass is 10.2. The highest BCUT2D eigenvalue weighted by atomic mass is 35.5. The molecule has 2 rings (SSSR count). The van der Waals surface area contributed by atoms with Gasteiger partial charge >= 0.3 is 0 Å². The first-order chi connectivity index (χ1) is 11.1. The van der Waals surface area contributed by atoms with Crippen molar-refractivity contribution in [3.05, 3.63) is 64.7 Å². The number of nitrogens with zero attached hydrogens (tertiary/aromatic N) is 1. The van der Waals surface area contributed by atoms with Crippen LogP contribution in [0.15, 0.2) is 53.6 Å². The molecule has 0 saturated heterocycles. The van der Waals surface area contributed by atoms with Crippen LogP contribution >= 0.6 is 11.6 Å².